The van der Waals surface area contributed by atoms with Gasteiger partial charge in [-0.2, -0.15) is 8.42 Å². The molecule has 0 unspecified atom stereocenters. The second-order valence-electron chi connectivity index (χ2n) is 3.68. The Kier molecular flexibility index (Phi) is 4.62. The summed E-state index contributed by atoms with van der Waals surface area (Å²) in [6, 6.07) is 4.97. The number of non-ortho nitro benzene ring substituents is 1. The molecule has 18 heavy (non-hydrogen) atoms. The minimum Gasteiger partial charge on any atom is -0.269 e. The lowest BCUT2D eigenvalue weighted by Crippen LogP contribution is -2.31. The largest absolute Gasteiger partial charge is 0.359 e. The molecule has 0 heterocycles. The number of rotatable bonds is 6. The Morgan fingerprint density at radius 2 is 1.89 bits per heavy atom. The zero-order valence-corrected chi connectivity index (χ0v) is 10.6. The summed E-state index contributed by atoms with van der Waals surface area (Å²) < 4.78 is 32.3. The molecule has 100 valence electrons. The van der Waals surface area contributed by atoms with E-state index in [1.807, 2.05) is 6.92 Å². The molecule has 0 fully saturated rings. The normalized spacial score (nSPS) is 11.2. The van der Waals surface area contributed by atoms with Crippen LogP contribution in [0.15, 0.2) is 24.3 Å². The van der Waals surface area contributed by atoms with Crippen LogP contribution in [0.1, 0.15) is 19.8 Å². The molecule has 0 spiro atoms. The van der Waals surface area contributed by atoms with Gasteiger partial charge in [0.15, 0.2) is 0 Å². The topological polar surface area (TPSA) is 101 Å². The van der Waals surface area contributed by atoms with Gasteiger partial charge in [-0.05, 0) is 18.6 Å². The van der Waals surface area contributed by atoms with Gasteiger partial charge < -0.3 is 0 Å². The van der Waals surface area contributed by atoms with Crippen molar-refractivity contribution in [1.82, 2.24) is 0 Å². The maximum absolute atomic E-state index is 11.2. The van der Waals surface area contributed by atoms with Gasteiger partial charge in [-0.25, -0.2) is 4.31 Å². The predicted molar refractivity (Wildman–Crippen MR) is 66.9 cm³/mol. The second-order valence-corrected chi connectivity index (χ2v) is 5.01. The number of hydrogen-bond acceptors (Lipinski definition) is 4. The van der Waals surface area contributed by atoms with Gasteiger partial charge >= 0.3 is 10.3 Å². The molecule has 0 atom stereocenters. The van der Waals surface area contributed by atoms with Gasteiger partial charge in [0.2, 0.25) is 0 Å². The van der Waals surface area contributed by atoms with Crippen LogP contribution in [0, 0.1) is 10.1 Å². The van der Waals surface area contributed by atoms with E-state index in [-0.39, 0.29) is 17.9 Å². The summed E-state index contributed by atoms with van der Waals surface area (Å²) in [5.74, 6) is 0. The van der Waals surface area contributed by atoms with E-state index in [0.29, 0.717) is 6.42 Å². The number of hydrogen-bond donors (Lipinski definition) is 1. The van der Waals surface area contributed by atoms with E-state index in [9.17, 15) is 18.5 Å². The first-order valence-corrected chi connectivity index (χ1v) is 6.75. The van der Waals surface area contributed by atoms with Crippen molar-refractivity contribution in [1.29, 1.82) is 0 Å². The molecule has 0 radical (unpaired) electrons. The van der Waals surface area contributed by atoms with E-state index in [1.165, 1.54) is 24.3 Å². The van der Waals surface area contributed by atoms with Crippen LogP contribution < -0.4 is 4.31 Å². The monoisotopic (exact) mass is 274 g/mol. The molecule has 1 aromatic carbocycles. The van der Waals surface area contributed by atoms with Crippen molar-refractivity contribution in [2.45, 2.75) is 19.8 Å². The maximum atomic E-state index is 11.2. The van der Waals surface area contributed by atoms with Crippen molar-refractivity contribution in [2.24, 2.45) is 0 Å². The number of unbranched alkanes of at least 4 members (excludes halogenated alkanes) is 1. The smallest absolute Gasteiger partial charge is 0.269 e. The molecule has 0 saturated carbocycles. The molecule has 0 aliphatic rings. The van der Waals surface area contributed by atoms with Crippen molar-refractivity contribution >= 4 is 21.7 Å². The van der Waals surface area contributed by atoms with Crippen LogP contribution in [0.3, 0.4) is 0 Å². The third kappa shape index (κ3) is 3.67. The Labute approximate surface area is 105 Å². The van der Waals surface area contributed by atoms with E-state index in [0.717, 1.165) is 10.7 Å². The molecule has 0 bridgehead atoms. The van der Waals surface area contributed by atoms with Crippen molar-refractivity contribution in [3.63, 3.8) is 0 Å². The first kappa shape index (κ1) is 14.4. The summed E-state index contributed by atoms with van der Waals surface area (Å²) in [4.78, 5) is 9.90. The van der Waals surface area contributed by atoms with Crippen molar-refractivity contribution < 1.29 is 17.9 Å². The quantitative estimate of drug-likeness (QED) is 0.485. The zero-order valence-electron chi connectivity index (χ0n) is 9.81. The summed E-state index contributed by atoms with van der Waals surface area (Å²) in [5, 5.41) is 10.5. The first-order valence-electron chi connectivity index (χ1n) is 5.36. The Morgan fingerprint density at radius 3 is 2.28 bits per heavy atom. The minimum absolute atomic E-state index is 0.132. The fourth-order valence-corrected chi connectivity index (χ4v) is 2.17. The highest BCUT2D eigenvalue weighted by atomic mass is 32.2. The molecule has 1 rings (SSSR count). The summed E-state index contributed by atoms with van der Waals surface area (Å²) in [5.41, 5.74) is 0.0704. The van der Waals surface area contributed by atoms with Gasteiger partial charge in [-0.1, -0.05) is 13.3 Å². The maximum Gasteiger partial charge on any atom is 0.359 e. The SMILES string of the molecule is CCCCN(c1ccc([N+](=O)[O-])cc1)S(=O)(=O)O. The average Bonchev–Trinajstić information content (AvgIpc) is 2.28. The third-order valence-electron chi connectivity index (χ3n) is 2.34. The highest BCUT2D eigenvalue weighted by Gasteiger charge is 2.19. The van der Waals surface area contributed by atoms with E-state index >= 15 is 0 Å². The highest BCUT2D eigenvalue weighted by Crippen LogP contribution is 2.21. The van der Waals surface area contributed by atoms with Crippen molar-refractivity contribution in [2.75, 3.05) is 10.8 Å². The van der Waals surface area contributed by atoms with Crippen molar-refractivity contribution in [3.8, 4) is 0 Å². The first-order chi connectivity index (χ1) is 8.36. The third-order valence-corrected chi connectivity index (χ3v) is 3.29. The summed E-state index contributed by atoms with van der Waals surface area (Å²) in [6.45, 7) is 2.02. The molecular weight excluding hydrogens is 260 g/mol. The van der Waals surface area contributed by atoms with Crippen LogP contribution in [0.25, 0.3) is 0 Å². The van der Waals surface area contributed by atoms with Gasteiger partial charge in [0, 0.05) is 18.7 Å². The number of nitro benzene ring substituents is 1. The molecule has 8 heteroatoms. The molecular formula is C10H14N2O5S. The molecule has 1 N–H and O–H groups in total. The molecule has 0 aliphatic heterocycles. The Hall–Kier alpha value is -1.67. The lowest BCUT2D eigenvalue weighted by Gasteiger charge is -2.20. The van der Waals surface area contributed by atoms with Crippen LogP contribution in [0.5, 0.6) is 0 Å². The predicted octanol–water partition coefficient (Wildman–Crippen LogP) is 2.00. The van der Waals surface area contributed by atoms with Gasteiger partial charge in [-0.3, -0.25) is 14.7 Å². The van der Waals surface area contributed by atoms with E-state index in [4.69, 9.17) is 4.55 Å². The van der Waals surface area contributed by atoms with E-state index in [1.54, 1.807) is 0 Å². The molecule has 1 aromatic rings. The Balaban J connectivity index is 3.02. The van der Waals surface area contributed by atoms with Gasteiger partial charge in [0.1, 0.15) is 0 Å². The van der Waals surface area contributed by atoms with Gasteiger partial charge in [0.25, 0.3) is 5.69 Å². The Bertz CT molecular complexity index is 512. The fraction of sp³-hybridized carbons (Fsp3) is 0.400. The summed E-state index contributed by atoms with van der Waals surface area (Å²) in [6.07, 6.45) is 1.34. The lowest BCUT2D eigenvalue weighted by molar-refractivity contribution is -0.384. The van der Waals surface area contributed by atoms with Crippen LogP contribution in [0.2, 0.25) is 0 Å². The average molecular weight is 274 g/mol. The summed E-state index contributed by atoms with van der Waals surface area (Å²) >= 11 is 0. The molecule has 0 aromatic heterocycles. The summed E-state index contributed by atoms with van der Waals surface area (Å²) in [7, 11) is -4.36. The van der Waals surface area contributed by atoms with Crippen LogP contribution in [-0.2, 0) is 10.3 Å². The number of nitrogens with zero attached hydrogens (tertiary/aromatic N) is 2. The lowest BCUT2D eigenvalue weighted by atomic mass is 10.2. The van der Waals surface area contributed by atoms with Crippen LogP contribution in [0.4, 0.5) is 11.4 Å². The van der Waals surface area contributed by atoms with Crippen molar-refractivity contribution in [3.05, 3.63) is 34.4 Å². The van der Waals surface area contributed by atoms with E-state index in [2.05, 4.69) is 0 Å². The number of benzene rings is 1. The molecule has 7 nitrogen and oxygen atoms in total. The van der Waals surface area contributed by atoms with Gasteiger partial charge in [-0.15, -0.1) is 0 Å². The molecule has 0 amide bonds. The zero-order chi connectivity index (χ0) is 13.8. The molecule has 0 saturated heterocycles. The van der Waals surface area contributed by atoms with Gasteiger partial charge in [0.05, 0.1) is 10.6 Å². The molecule has 0 aliphatic carbocycles. The number of nitro groups is 1. The highest BCUT2D eigenvalue weighted by molar-refractivity contribution is 7.87. The van der Waals surface area contributed by atoms with Crippen LogP contribution in [-0.4, -0.2) is 24.4 Å². The number of anilines is 1. The fourth-order valence-electron chi connectivity index (χ4n) is 1.42. The Morgan fingerprint density at radius 1 is 1.33 bits per heavy atom. The van der Waals surface area contributed by atoms with E-state index < -0.39 is 15.2 Å². The minimum atomic E-state index is -4.36. The van der Waals surface area contributed by atoms with Crippen LogP contribution >= 0.6 is 0 Å². The second kappa shape index (κ2) is 5.78. The standard InChI is InChI=1S/C10H14N2O5S/c1-2-3-8-11(18(15,16)17)9-4-6-10(7-5-9)12(13)14/h4-7H,2-3,8H2,1H3,(H,15,16,17).